The van der Waals surface area contributed by atoms with Crippen molar-refractivity contribution >= 4 is 23.7 Å². The van der Waals surface area contributed by atoms with Crippen LogP contribution in [-0.4, -0.2) is 51.4 Å². The molecule has 0 radical (unpaired) electrons. The molecule has 7 nitrogen and oxygen atoms in total. The maximum atomic E-state index is 10.4. The summed E-state index contributed by atoms with van der Waals surface area (Å²) in [5.74, 6) is -0.960. The van der Waals surface area contributed by atoms with Crippen LogP contribution in [0.5, 0.6) is 5.75 Å². The smallest absolute Gasteiger partial charge is 0.320 e. The van der Waals surface area contributed by atoms with Gasteiger partial charge in [0.05, 0.1) is 0 Å². The summed E-state index contributed by atoms with van der Waals surface area (Å²) in [6.07, 6.45) is 2.75. The number of rotatable bonds is 7. The molecule has 2 atom stereocenters. The van der Waals surface area contributed by atoms with Gasteiger partial charge in [0, 0.05) is 0 Å². The Morgan fingerprint density at radius 1 is 1.09 bits per heavy atom. The van der Waals surface area contributed by atoms with E-state index in [4.69, 9.17) is 26.8 Å². The number of benzene rings is 1. The third-order valence-electron chi connectivity index (χ3n) is 2.66. The Morgan fingerprint density at radius 2 is 1.59 bits per heavy atom. The second-order valence-corrected chi connectivity index (χ2v) is 5.53. The molecule has 0 aromatic heterocycles. The fourth-order valence-corrected chi connectivity index (χ4v) is 1.83. The van der Waals surface area contributed by atoms with E-state index >= 15 is 0 Å². The SMILES string of the molecule is CSCC[C@H](N)C(=O)O.N[C@@H](Cc1ccc(O)cc1)C(=O)O. The number of aliphatic carboxylic acids is 2. The highest BCUT2D eigenvalue weighted by Crippen LogP contribution is 2.10. The second-order valence-electron chi connectivity index (χ2n) is 4.54. The van der Waals surface area contributed by atoms with E-state index in [-0.39, 0.29) is 12.2 Å². The average molecular weight is 330 g/mol. The number of thioether (sulfide) groups is 1. The molecule has 0 aliphatic heterocycles. The fourth-order valence-electron chi connectivity index (χ4n) is 1.34. The summed E-state index contributed by atoms with van der Waals surface area (Å²) < 4.78 is 0. The number of nitrogens with two attached hydrogens (primary N) is 2. The van der Waals surface area contributed by atoms with Crippen LogP contribution in [0.25, 0.3) is 0 Å². The first-order valence-corrected chi connectivity index (χ1v) is 7.91. The number of aromatic hydroxyl groups is 1. The second kappa shape index (κ2) is 10.9. The first-order chi connectivity index (χ1) is 10.3. The molecule has 0 amide bonds. The largest absolute Gasteiger partial charge is 0.508 e. The topological polar surface area (TPSA) is 147 Å². The van der Waals surface area contributed by atoms with Crippen LogP contribution in [0.2, 0.25) is 0 Å². The van der Waals surface area contributed by atoms with E-state index in [0.29, 0.717) is 6.42 Å². The number of carboxylic acid groups (broad SMARTS) is 2. The molecule has 0 aliphatic rings. The monoisotopic (exact) mass is 330 g/mol. The van der Waals surface area contributed by atoms with Crippen molar-refractivity contribution in [1.29, 1.82) is 0 Å². The van der Waals surface area contributed by atoms with Crippen LogP contribution in [0.4, 0.5) is 0 Å². The third-order valence-corrected chi connectivity index (χ3v) is 3.30. The lowest BCUT2D eigenvalue weighted by atomic mass is 10.1. The number of hydrogen-bond acceptors (Lipinski definition) is 6. The molecule has 0 unspecified atom stereocenters. The van der Waals surface area contributed by atoms with Gasteiger partial charge in [-0.2, -0.15) is 11.8 Å². The van der Waals surface area contributed by atoms with Crippen molar-refractivity contribution in [2.75, 3.05) is 12.0 Å². The first kappa shape index (κ1) is 20.2. The molecular weight excluding hydrogens is 308 g/mol. The van der Waals surface area contributed by atoms with Gasteiger partial charge in [-0.05, 0) is 42.5 Å². The molecule has 0 spiro atoms. The molecule has 124 valence electrons. The van der Waals surface area contributed by atoms with Crippen molar-refractivity contribution in [2.45, 2.75) is 24.9 Å². The Bertz CT molecular complexity index is 467. The van der Waals surface area contributed by atoms with Gasteiger partial charge in [0.1, 0.15) is 17.8 Å². The Kier molecular flexibility index (Phi) is 10.0. The lowest BCUT2D eigenvalue weighted by Crippen LogP contribution is -2.32. The highest BCUT2D eigenvalue weighted by atomic mass is 32.2. The van der Waals surface area contributed by atoms with Crippen LogP contribution in [-0.2, 0) is 16.0 Å². The Labute approximate surface area is 133 Å². The minimum absolute atomic E-state index is 0.160. The summed E-state index contributed by atoms with van der Waals surface area (Å²) in [6, 6.07) is 4.74. The Hall–Kier alpha value is -1.77. The van der Waals surface area contributed by atoms with Crippen molar-refractivity contribution in [3.8, 4) is 5.75 Å². The molecule has 0 saturated carbocycles. The predicted molar refractivity (Wildman–Crippen MR) is 86.0 cm³/mol. The zero-order valence-electron chi connectivity index (χ0n) is 12.3. The van der Waals surface area contributed by atoms with Crippen molar-refractivity contribution in [1.82, 2.24) is 0 Å². The zero-order valence-corrected chi connectivity index (χ0v) is 13.1. The summed E-state index contributed by atoms with van der Waals surface area (Å²) in [5, 5.41) is 25.8. The summed E-state index contributed by atoms with van der Waals surface area (Å²) in [6.45, 7) is 0. The number of carboxylic acids is 2. The van der Waals surface area contributed by atoms with Crippen LogP contribution < -0.4 is 11.5 Å². The van der Waals surface area contributed by atoms with E-state index in [1.165, 1.54) is 12.1 Å². The third kappa shape index (κ3) is 9.22. The van der Waals surface area contributed by atoms with Crippen molar-refractivity contribution in [2.24, 2.45) is 11.5 Å². The van der Waals surface area contributed by atoms with Gasteiger partial charge in [-0.25, -0.2) is 0 Å². The van der Waals surface area contributed by atoms with Gasteiger partial charge in [0.25, 0.3) is 0 Å². The van der Waals surface area contributed by atoms with Gasteiger partial charge in [-0.3, -0.25) is 9.59 Å². The van der Waals surface area contributed by atoms with Crippen LogP contribution in [0.3, 0.4) is 0 Å². The van der Waals surface area contributed by atoms with Crippen LogP contribution >= 0.6 is 11.8 Å². The molecule has 1 aromatic carbocycles. The van der Waals surface area contributed by atoms with Crippen LogP contribution in [0.15, 0.2) is 24.3 Å². The minimum atomic E-state index is -1.02. The minimum Gasteiger partial charge on any atom is -0.508 e. The zero-order chi connectivity index (χ0) is 17.1. The van der Waals surface area contributed by atoms with Gasteiger partial charge in [0.2, 0.25) is 0 Å². The van der Waals surface area contributed by atoms with Gasteiger partial charge in [-0.15, -0.1) is 0 Å². The lowest BCUT2D eigenvalue weighted by Gasteiger charge is -2.05. The number of phenolic OH excluding ortho intramolecular Hbond substituents is 1. The predicted octanol–water partition coefficient (Wildman–Crippen LogP) is 0.498. The lowest BCUT2D eigenvalue weighted by molar-refractivity contribution is -0.139. The summed E-state index contributed by atoms with van der Waals surface area (Å²) in [5.41, 5.74) is 11.3. The summed E-state index contributed by atoms with van der Waals surface area (Å²) >= 11 is 1.60. The maximum absolute atomic E-state index is 10.4. The molecule has 0 aliphatic carbocycles. The van der Waals surface area contributed by atoms with E-state index < -0.39 is 24.0 Å². The highest BCUT2D eigenvalue weighted by Gasteiger charge is 2.11. The van der Waals surface area contributed by atoms with Gasteiger partial charge in [0.15, 0.2) is 0 Å². The maximum Gasteiger partial charge on any atom is 0.320 e. The van der Waals surface area contributed by atoms with Gasteiger partial charge >= 0.3 is 11.9 Å². The number of carbonyl (C=O) groups is 2. The van der Waals surface area contributed by atoms with E-state index in [9.17, 15) is 9.59 Å². The van der Waals surface area contributed by atoms with E-state index in [2.05, 4.69) is 0 Å². The molecule has 0 heterocycles. The molecule has 0 fully saturated rings. The number of hydrogen-bond donors (Lipinski definition) is 5. The van der Waals surface area contributed by atoms with Crippen molar-refractivity contribution in [3.05, 3.63) is 29.8 Å². The Balaban J connectivity index is 0.000000433. The van der Waals surface area contributed by atoms with Gasteiger partial charge in [-0.1, -0.05) is 12.1 Å². The highest BCUT2D eigenvalue weighted by molar-refractivity contribution is 7.98. The first-order valence-electron chi connectivity index (χ1n) is 6.51. The van der Waals surface area contributed by atoms with Crippen LogP contribution in [0.1, 0.15) is 12.0 Å². The Morgan fingerprint density at radius 3 is 2.00 bits per heavy atom. The molecular formula is C14H22N2O5S. The quantitative estimate of drug-likeness (QED) is 0.485. The molecule has 7 N–H and O–H groups in total. The van der Waals surface area contributed by atoms with Crippen molar-refractivity contribution in [3.63, 3.8) is 0 Å². The average Bonchev–Trinajstić information content (AvgIpc) is 2.47. The normalized spacial score (nSPS) is 12.7. The summed E-state index contributed by atoms with van der Waals surface area (Å²) in [4.78, 5) is 20.5. The fraction of sp³-hybridized carbons (Fsp3) is 0.429. The standard InChI is InChI=1S/C9H11NO3.C5H11NO2S/c10-8(9(12)13)5-6-1-3-7(11)4-2-6;1-9-3-2-4(6)5(7)8/h1-4,8,11H,5,10H2,(H,12,13);4H,2-3,6H2,1H3,(H,7,8)/t8-;4-/m00/s1. The molecule has 1 aromatic rings. The molecule has 22 heavy (non-hydrogen) atoms. The number of phenols is 1. The molecule has 0 saturated heterocycles. The molecule has 0 bridgehead atoms. The molecule has 8 heteroatoms. The van der Waals surface area contributed by atoms with Crippen LogP contribution in [0, 0.1) is 0 Å². The van der Waals surface area contributed by atoms with E-state index in [1.807, 2.05) is 6.26 Å². The van der Waals surface area contributed by atoms with Crippen molar-refractivity contribution < 1.29 is 24.9 Å². The molecule has 1 rings (SSSR count). The van der Waals surface area contributed by atoms with E-state index in [1.54, 1.807) is 23.9 Å². The van der Waals surface area contributed by atoms with Gasteiger partial charge < -0.3 is 26.8 Å². The van der Waals surface area contributed by atoms with E-state index in [0.717, 1.165) is 11.3 Å². The summed E-state index contributed by atoms with van der Waals surface area (Å²) in [7, 11) is 0.